The summed E-state index contributed by atoms with van der Waals surface area (Å²) in [5, 5.41) is 4.54. The zero-order valence-electron chi connectivity index (χ0n) is 11.8. The lowest BCUT2D eigenvalue weighted by molar-refractivity contribution is 0.525. The van der Waals surface area contributed by atoms with Crippen molar-refractivity contribution in [1.29, 1.82) is 0 Å². The quantitative estimate of drug-likeness (QED) is 0.937. The van der Waals surface area contributed by atoms with Gasteiger partial charge in [0.05, 0.1) is 11.4 Å². The maximum absolute atomic E-state index is 4.65. The molecule has 2 heterocycles. The molecule has 0 radical (unpaired) electrons. The molecule has 1 fully saturated rings. The first-order valence-corrected chi connectivity index (χ1v) is 8.99. The van der Waals surface area contributed by atoms with Crippen molar-refractivity contribution in [1.82, 2.24) is 14.7 Å². The van der Waals surface area contributed by atoms with E-state index in [1.165, 1.54) is 29.8 Å². The number of hydrogen-bond acceptors (Lipinski definition) is 4. The summed E-state index contributed by atoms with van der Waals surface area (Å²) in [6, 6.07) is 0.666. The third-order valence-corrected chi connectivity index (χ3v) is 6.10. The summed E-state index contributed by atoms with van der Waals surface area (Å²) < 4.78 is 2.26. The summed E-state index contributed by atoms with van der Waals surface area (Å²) in [7, 11) is 0. The predicted octanol–water partition coefficient (Wildman–Crippen LogP) is 3.39. The Morgan fingerprint density at radius 3 is 3.11 bits per heavy atom. The van der Waals surface area contributed by atoms with Crippen LogP contribution in [-0.2, 0) is 6.54 Å². The van der Waals surface area contributed by atoms with E-state index in [0.717, 1.165) is 22.4 Å². The molecule has 2 aromatic heterocycles. The van der Waals surface area contributed by atoms with Crippen LogP contribution < -0.4 is 5.32 Å². The van der Waals surface area contributed by atoms with Crippen LogP contribution in [0.25, 0.3) is 4.96 Å². The van der Waals surface area contributed by atoms with Gasteiger partial charge < -0.3 is 5.32 Å². The maximum atomic E-state index is 4.65. The molecule has 1 saturated carbocycles. The van der Waals surface area contributed by atoms with E-state index in [4.69, 9.17) is 0 Å². The molecule has 1 N–H and O–H groups in total. The van der Waals surface area contributed by atoms with Gasteiger partial charge in [0.1, 0.15) is 0 Å². The second-order valence-electron chi connectivity index (χ2n) is 5.33. The van der Waals surface area contributed by atoms with Crippen LogP contribution in [0.15, 0.2) is 6.20 Å². The summed E-state index contributed by atoms with van der Waals surface area (Å²) in [6.07, 6.45) is 8.47. The fourth-order valence-corrected chi connectivity index (χ4v) is 4.84. The van der Waals surface area contributed by atoms with Gasteiger partial charge in [-0.05, 0) is 32.9 Å². The predicted molar refractivity (Wildman–Crippen MR) is 84.3 cm³/mol. The number of aromatic nitrogens is 2. The first-order valence-electron chi connectivity index (χ1n) is 6.89. The lowest BCUT2D eigenvalue weighted by atomic mass is 10.2. The van der Waals surface area contributed by atoms with E-state index >= 15 is 0 Å². The van der Waals surface area contributed by atoms with E-state index in [-0.39, 0.29) is 0 Å². The van der Waals surface area contributed by atoms with Gasteiger partial charge >= 0.3 is 0 Å². The molecular weight excluding hydrogens is 274 g/mol. The van der Waals surface area contributed by atoms with E-state index in [2.05, 4.69) is 41.0 Å². The SMILES string of the molecule is CSC1CCCC1NCc1c(C)nc2sc(C)cn12. The van der Waals surface area contributed by atoms with Crippen molar-refractivity contribution in [2.75, 3.05) is 6.26 Å². The molecule has 0 spiro atoms. The minimum Gasteiger partial charge on any atom is -0.307 e. The zero-order valence-corrected chi connectivity index (χ0v) is 13.4. The number of aryl methyl sites for hydroxylation is 2. The molecule has 3 nitrogen and oxygen atoms in total. The van der Waals surface area contributed by atoms with Gasteiger partial charge in [-0.1, -0.05) is 6.42 Å². The van der Waals surface area contributed by atoms with E-state index in [9.17, 15) is 0 Å². The van der Waals surface area contributed by atoms with Gasteiger partial charge in [0, 0.05) is 28.9 Å². The number of fused-ring (bicyclic) bond motifs is 1. The van der Waals surface area contributed by atoms with Crippen molar-refractivity contribution in [3.05, 3.63) is 22.5 Å². The Morgan fingerprint density at radius 2 is 2.32 bits per heavy atom. The van der Waals surface area contributed by atoms with Gasteiger partial charge in [0.2, 0.25) is 0 Å². The second-order valence-corrected chi connectivity index (χ2v) is 7.62. The highest BCUT2D eigenvalue weighted by atomic mass is 32.2. The van der Waals surface area contributed by atoms with Crippen molar-refractivity contribution < 1.29 is 0 Å². The minimum atomic E-state index is 0.666. The molecule has 1 aliphatic carbocycles. The van der Waals surface area contributed by atoms with E-state index in [1.54, 1.807) is 11.3 Å². The summed E-state index contributed by atoms with van der Waals surface area (Å²) in [5.74, 6) is 0. The summed E-state index contributed by atoms with van der Waals surface area (Å²) in [5.41, 5.74) is 2.49. The molecule has 2 atom stereocenters. The Labute approximate surface area is 122 Å². The molecule has 104 valence electrons. The molecule has 3 rings (SSSR count). The van der Waals surface area contributed by atoms with E-state index in [1.807, 2.05) is 11.8 Å². The topological polar surface area (TPSA) is 29.3 Å². The molecular formula is C14H21N3S2. The summed E-state index contributed by atoms with van der Waals surface area (Å²) >= 11 is 3.78. The Morgan fingerprint density at radius 1 is 1.47 bits per heavy atom. The van der Waals surface area contributed by atoms with Gasteiger partial charge in [-0.25, -0.2) is 4.98 Å². The first-order chi connectivity index (χ1) is 9.19. The number of thioether (sulfide) groups is 1. The first kappa shape index (κ1) is 13.5. The normalized spacial score (nSPS) is 23.5. The van der Waals surface area contributed by atoms with Gasteiger partial charge in [0.15, 0.2) is 4.96 Å². The van der Waals surface area contributed by atoms with Crippen LogP contribution in [0.1, 0.15) is 35.5 Å². The van der Waals surface area contributed by atoms with E-state index in [0.29, 0.717) is 6.04 Å². The summed E-state index contributed by atoms with van der Waals surface area (Å²) in [6.45, 7) is 5.20. The number of thiazole rings is 1. The number of imidazole rings is 1. The van der Waals surface area contributed by atoms with Crippen LogP contribution in [0.4, 0.5) is 0 Å². The fraction of sp³-hybridized carbons (Fsp3) is 0.643. The van der Waals surface area contributed by atoms with Crippen molar-refractivity contribution >= 4 is 28.1 Å². The largest absolute Gasteiger partial charge is 0.307 e. The van der Waals surface area contributed by atoms with Crippen LogP contribution in [0.2, 0.25) is 0 Å². The number of rotatable bonds is 4. The summed E-state index contributed by atoms with van der Waals surface area (Å²) in [4.78, 5) is 7.10. The average molecular weight is 295 g/mol. The molecule has 0 bridgehead atoms. The van der Waals surface area contributed by atoms with Crippen LogP contribution >= 0.6 is 23.1 Å². The Kier molecular flexibility index (Phi) is 3.87. The van der Waals surface area contributed by atoms with Crippen LogP contribution in [-0.4, -0.2) is 26.9 Å². The molecule has 0 saturated heterocycles. The molecule has 2 unspecified atom stereocenters. The average Bonchev–Trinajstić information content (AvgIpc) is 3.02. The van der Waals surface area contributed by atoms with Crippen molar-refractivity contribution in [2.45, 2.75) is 50.9 Å². The molecule has 2 aromatic rings. The van der Waals surface area contributed by atoms with Gasteiger partial charge in [-0.15, -0.1) is 11.3 Å². The van der Waals surface area contributed by atoms with Crippen molar-refractivity contribution in [3.8, 4) is 0 Å². The second kappa shape index (κ2) is 5.46. The number of nitrogens with one attached hydrogen (secondary N) is 1. The highest BCUT2D eigenvalue weighted by Crippen LogP contribution is 2.29. The molecule has 0 aliphatic heterocycles. The molecule has 19 heavy (non-hydrogen) atoms. The van der Waals surface area contributed by atoms with Crippen molar-refractivity contribution in [3.63, 3.8) is 0 Å². The number of nitrogens with zero attached hydrogens (tertiary/aromatic N) is 2. The van der Waals surface area contributed by atoms with Crippen molar-refractivity contribution in [2.24, 2.45) is 0 Å². The van der Waals surface area contributed by atoms with Gasteiger partial charge in [0.25, 0.3) is 0 Å². The zero-order chi connectivity index (χ0) is 13.4. The monoisotopic (exact) mass is 295 g/mol. The Hall–Kier alpha value is -0.520. The maximum Gasteiger partial charge on any atom is 0.194 e. The Bertz CT molecular complexity index is 573. The van der Waals surface area contributed by atoms with Gasteiger partial charge in [-0.3, -0.25) is 4.40 Å². The smallest absolute Gasteiger partial charge is 0.194 e. The molecule has 0 amide bonds. The minimum absolute atomic E-state index is 0.666. The standard InChI is InChI=1S/C14H21N3S2/c1-9-8-17-12(10(2)16-14(17)19-9)7-15-11-5-4-6-13(11)18-3/h8,11,13,15H,4-7H2,1-3H3. The number of hydrogen-bond donors (Lipinski definition) is 1. The highest BCUT2D eigenvalue weighted by molar-refractivity contribution is 7.99. The Balaban J connectivity index is 1.76. The lowest BCUT2D eigenvalue weighted by Gasteiger charge is -2.19. The van der Waals surface area contributed by atoms with Gasteiger partial charge in [-0.2, -0.15) is 11.8 Å². The van der Waals surface area contributed by atoms with Crippen LogP contribution in [0, 0.1) is 13.8 Å². The molecule has 5 heteroatoms. The van der Waals surface area contributed by atoms with Crippen LogP contribution in [0.3, 0.4) is 0 Å². The van der Waals surface area contributed by atoms with Crippen LogP contribution in [0.5, 0.6) is 0 Å². The third kappa shape index (κ3) is 2.56. The molecule has 0 aromatic carbocycles. The fourth-order valence-electron chi connectivity index (χ4n) is 2.99. The third-order valence-electron chi connectivity index (χ3n) is 4.03. The molecule has 1 aliphatic rings. The highest BCUT2D eigenvalue weighted by Gasteiger charge is 2.26. The van der Waals surface area contributed by atoms with E-state index < -0.39 is 0 Å². The lowest BCUT2D eigenvalue weighted by Crippen LogP contribution is -2.33.